The molecule has 0 aliphatic heterocycles. The molecule has 3 aromatic heterocycles. The van der Waals surface area contributed by atoms with Gasteiger partial charge in [-0.1, -0.05) is 12.1 Å². The Hall–Kier alpha value is -2.65. The number of hydrogen-bond donors (Lipinski definition) is 1. The third-order valence-corrected chi connectivity index (χ3v) is 5.51. The second kappa shape index (κ2) is 8.00. The second-order valence-corrected chi connectivity index (χ2v) is 7.27. The molecule has 0 unspecified atom stereocenters. The lowest BCUT2D eigenvalue weighted by Crippen LogP contribution is -2.17. The van der Waals surface area contributed by atoms with Crippen LogP contribution in [-0.2, 0) is 6.54 Å². The molecular formula is C19H16ClF3N4OS. The van der Waals surface area contributed by atoms with Crippen LogP contribution in [-0.4, -0.2) is 21.5 Å². The van der Waals surface area contributed by atoms with Gasteiger partial charge in [-0.2, -0.15) is 5.10 Å². The lowest BCUT2D eigenvalue weighted by atomic mass is 10.1. The first-order chi connectivity index (χ1) is 13.3. The summed E-state index contributed by atoms with van der Waals surface area (Å²) in [5.41, 5.74) is 2.79. The minimum atomic E-state index is -4.69. The van der Waals surface area contributed by atoms with Crippen molar-refractivity contribution in [3.05, 3.63) is 53.3 Å². The first-order valence-electron chi connectivity index (χ1n) is 8.41. The topological polar surface area (TPSA) is 59.9 Å². The Labute approximate surface area is 174 Å². The molecule has 0 fully saturated rings. The van der Waals surface area contributed by atoms with Gasteiger partial charge in [0.1, 0.15) is 16.4 Å². The Morgan fingerprint density at radius 2 is 1.79 bits per heavy atom. The molecule has 1 N–H and O–H groups in total. The zero-order chi connectivity index (χ0) is 19.9. The van der Waals surface area contributed by atoms with E-state index in [0.717, 1.165) is 37.1 Å². The van der Waals surface area contributed by atoms with Crippen LogP contribution >= 0.6 is 23.7 Å². The standard InChI is InChI=1S/C19H15F3N4OS.ClH/c1-10-11(2)25-26-18-15(10)14-7-8-23-17(16(14)28-18)24-9-12-3-5-13(6-4-12)27-19(20,21)22;/h3-8H,9H2,1-2H3,(H,23,24);1H. The summed E-state index contributed by atoms with van der Waals surface area (Å²) in [6.45, 7) is 4.37. The molecule has 0 saturated heterocycles. The maximum absolute atomic E-state index is 12.2. The first-order valence-corrected chi connectivity index (χ1v) is 9.23. The largest absolute Gasteiger partial charge is 0.573 e. The highest BCUT2D eigenvalue weighted by Gasteiger charge is 2.30. The van der Waals surface area contributed by atoms with Gasteiger partial charge >= 0.3 is 6.36 Å². The van der Waals surface area contributed by atoms with Crippen molar-refractivity contribution < 1.29 is 17.9 Å². The molecule has 3 heterocycles. The molecule has 0 atom stereocenters. The fourth-order valence-electron chi connectivity index (χ4n) is 2.94. The van der Waals surface area contributed by atoms with Crippen LogP contribution in [0.3, 0.4) is 0 Å². The SMILES string of the molecule is Cc1nnc2sc3c(NCc4ccc(OC(F)(F)F)cc4)nccc3c2c1C.Cl. The normalized spacial score (nSPS) is 11.5. The predicted molar refractivity (Wildman–Crippen MR) is 110 cm³/mol. The maximum atomic E-state index is 12.2. The maximum Gasteiger partial charge on any atom is 0.573 e. The van der Waals surface area contributed by atoms with E-state index in [1.165, 1.54) is 23.5 Å². The van der Waals surface area contributed by atoms with Crippen molar-refractivity contribution in [1.29, 1.82) is 0 Å². The molecule has 0 amide bonds. The molecule has 0 aliphatic carbocycles. The van der Waals surface area contributed by atoms with E-state index in [-0.39, 0.29) is 18.2 Å². The Bertz CT molecular complexity index is 1160. The number of nitrogens with one attached hydrogen (secondary N) is 1. The number of thiophene rings is 1. The average molecular weight is 441 g/mol. The summed E-state index contributed by atoms with van der Waals surface area (Å²) < 4.78 is 41.6. The van der Waals surface area contributed by atoms with Crippen molar-refractivity contribution in [3.63, 3.8) is 0 Å². The fourth-order valence-corrected chi connectivity index (χ4v) is 4.08. The van der Waals surface area contributed by atoms with Crippen LogP contribution in [0.15, 0.2) is 36.5 Å². The number of aromatic nitrogens is 3. The van der Waals surface area contributed by atoms with Crippen LogP contribution in [0.5, 0.6) is 5.75 Å². The zero-order valence-corrected chi connectivity index (χ0v) is 17.0. The van der Waals surface area contributed by atoms with Crippen molar-refractivity contribution >= 4 is 49.9 Å². The van der Waals surface area contributed by atoms with Gasteiger partial charge in [-0.25, -0.2) is 4.98 Å². The summed E-state index contributed by atoms with van der Waals surface area (Å²) in [5.74, 6) is 0.457. The number of fused-ring (bicyclic) bond motifs is 3. The van der Waals surface area contributed by atoms with E-state index in [9.17, 15) is 13.2 Å². The van der Waals surface area contributed by atoms with Crippen molar-refractivity contribution in [2.24, 2.45) is 0 Å². The van der Waals surface area contributed by atoms with E-state index in [1.807, 2.05) is 19.9 Å². The number of rotatable bonds is 4. The Morgan fingerprint density at radius 3 is 2.48 bits per heavy atom. The number of aryl methyl sites for hydroxylation is 2. The molecule has 152 valence electrons. The number of halogens is 4. The summed E-state index contributed by atoms with van der Waals surface area (Å²) in [6, 6.07) is 7.70. The number of hydrogen-bond acceptors (Lipinski definition) is 6. The first kappa shape index (κ1) is 21.1. The van der Waals surface area contributed by atoms with E-state index in [2.05, 4.69) is 25.2 Å². The Kier molecular flexibility index (Phi) is 5.81. The van der Waals surface area contributed by atoms with Crippen molar-refractivity contribution in [2.75, 3.05) is 5.32 Å². The van der Waals surface area contributed by atoms with Gasteiger partial charge in [-0.15, -0.1) is 42.0 Å². The summed E-state index contributed by atoms with van der Waals surface area (Å²) in [5, 5.41) is 13.9. The number of alkyl halides is 3. The summed E-state index contributed by atoms with van der Waals surface area (Å²) in [4.78, 5) is 5.26. The van der Waals surface area contributed by atoms with Crippen LogP contribution in [0.25, 0.3) is 20.3 Å². The van der Waals surface area contributed by atoms with Crippen LogP contribution in [0.4, 0.5) is 19.0 Å². The number of ether oxygens (including phenoxy) is 1. The van der Waals surface area contributed by atoms with E-state index < -0.39 is 6.36 Å². The smallest absolute Gasteiger partial charge is 0.406 e. The number of benzene rings is 1. The summed E-state index contributed by atoms with van der Waals surface area (Å²) in [7, 11) is 0. The quantitative estimate of drug-likeness (QED) is 0.435. The molecule has 4 aromatic rings. The predicted octanol–water partition coefficient (Wildman–Crippen LogP) is 5.79. The highest BCUT2D eigenvalue weighted by Crippen LogP contribution is 2.38. The van der Waals surface area contributed by atoms with E-state index >= 15 is 0 Å². The molecule has 0 spiro atoms. The van der Waals surface area contributed by atoms with Gasteiger partial charge in [0.25, 0.3) is 0 Å². The number of anilines is 1. The molecular weight excluding hydrogens is 425 g/mol. The molecule has 0 bridgehead atoms. The molecule has 10 heteroatoms. The van der Waals surface area contributed by atoms with Gasteiger partial charge in [0.2, 0.25) is 0 Å². The zero-order valence-electron chi connectivity index (χ0n) is 15.4. The van der Waals surface area contributed by atoms with E-state index in [0.29, 0.717) is 12.4 Å². The lowest BCUT2D eigenvalue weighted by molar-refractivity contribution is -0.274. The highest BCUT2D eigenvalue weighted by atomic mass is 35.5. The van der Waals surface area contributed by atoms with E-state index in [1.54, 1.807) is 18.3 Å². The van der Waals surface area contributed by atoms with Gasteiger partial charge in [-0.3, -0.25) is 0 Å². The van der Waals surface area contributed by atoms with Gasteiger partial charge < -0.3 is 10.1 Å². The molecule has 1 aromatic carbocycles. The molecule has 29 heavy (non-hydrogen) atoms. The minimum absolute atomic E-state index is 0. The van der Waals surface area contributed by atoms with Crippen LogP contribution in [0.1, 0.15) is 16.8 Å². The van der Waals surface area contributed by atoms with Crippen LogP contribution < -0.4 is 10.1 Å². The molecule has 0 saturated carbocycles. The Morgan fingerprint density at radius 1 is 1.07 bits per heavy atom. The van der Waals surface area contributed by atoms with Crippen molar-refractivity contribution in [1.82, 2.24) is 15.2 Å². The molecule has 5 nitrogen and oxygen atoms in total. The van der Waals surface area contributed by atoms with Crippen LogP contribution in [0.2, 0.25) is 0 Å². The van der Waals surface area contributed by atoms with E-state index in [4.69, 9.17) is 0 Å². The van der Waals surface area contributed by atoms with Gasteiger partial charge in [0.15, 0.2) is 0 Å². The van der Waals surface area contributed by atoms with Gasteiger partial charge in [-0.05, 0) is 43.2 Å². The summed E-state index contributed by atoms with van der Waals surface area (Å²) in [6.07, 6.45) is -2.97. The van der Waals surface area contributed by atoms with Crippen molar-refractivity contribution in [3.8, 4) is 5.75 Å². The molecule has 4 rings (SSSR count). The second-order valence-electron chi connectivity index (χ2n) is 6.27. The summed E-state index contributed by atoms with van der Waals surface area (Å²) >= 11 is 1.51. The lowest BCUT2D eigenvalue weighted by Gasteiger charge is -2.10. The van der Waals surface area contributed by atoms with Crippen LogP contribution in [0, 0.1) is 13.8 Å². The highest BCUT2D eigenvalue weighted by molar-refractivity contribution is 7.26. The third-order valence-electron chi connectivity index (χ3n) is 4.41. The number of nitrogens with zero attached hydrogens (tertiary/aromatic N) is 3. The Balaban J connectivity index is 0.00000240. The molecule has 0 aliphatic rings. The minimum Gasteiger partial charge on any atom is -0.406 e. The van der Waals surface area contributed by atoms with Gasteiger partial charge in [0.05, 0.1) is 10.4 Å². The average Bonchev–Trinajstić information content (AvgIpc) is 3.03. The fraction of sp³-hybridized carbons (Fsp3) is 0.211. The van der Waals surface area contributed by atoms with Crippen molar-refractivity contribution in [2.45, 2.75) is 26.8 Å². The van der Waals surface area contributed by atoms with Gasteiger partial charge in [0, 0.05) is 23.5 Å². The molecule has 0 radical (unpaired) electrons. The third kappa shape index (κ3) is 4.35. The number of pyridine rings is 1. The monoisotopic (exact) mass is 440 g/mol.